The van der Waals surface area contributed by atoms with E-state index in [1.807, 2.05) is 11.8 Å². The van der Waals surface area contributed by atoms with Crippen molar-refractivity contribution in [3.05, 3.63) is 28.7 Å². The maximum atomic E-state index is 5.75. The lowest BCUT2D eigenvalue weighted by molar-refractivity contribution is 0.100. The topological polar surface area (TPSA) is 21.3 Å². The summed E-state index contributed by atoms with van der Waals surface area (Å²) in [7, 11) is 0. The van der Waals surface area contributed by atoms with E-state index < -0.39 is 0 Å². The van der Waals surface area contributed by atoms with Gasteiger partial charge in [-0.2, -0.15) is 0 Å². The molecular formula is C17H26BrNOS. The van der Waals surface area contributed by atoms with Crippen molar-refractivity contribution in [2.75, 3.05) is 18.9 Å². The Morgan fingerprint density at radius 2 is 2.29 bits per heavy atom. The third kappa shape index (κ3) is 6.31. The van der Waals surface area contributed by atoms with Crippen LogP contribution >= 0.6 is 27.7 Å². The lowest BCUT2D eigenvalue weighted by Crippen LogP contribution is -2.32. The van der Waals surface area contributed by atoms with Gasteiger partial charge in [-0.1, -0.05) is 19.1 Å². The molecule has 2 nitrogen and oxygen atoms in total. The molecule has 1 aromatic rings. The molecule has 1 aliphatic heterocycles. The first-order chi connectivity index (χ1) is 10.3. The Kier molecular flexibility index (Phi) is 8.15. The van der Waals surface area contributed by atoms with Gasteiger partial charge in [-0.3, -0.25) is 0 Å². The van der Waals surface area contributed by atoms with E-state index in [-0.39, 0.29) is 0 Å². The van der Waals surface area contributed by atoms with E-state index in [2.05, 4.69) is 52.4 Å². The van der Waals surface area contributed by atoms with Crippen molar-refractivity contribution >= 4 is 27.7 Å². The van der Waals surface area contributed by atoms with Crippen LogP contribution in [0.4, 0.5) is 0 Å². The first-order valence-electron chi connectivity index (χ1n) is 8.02. The fourth-order valence-corrected chi connectivity index (χ4v) is 4.28. The Balaban J connectivity index is 1.79. The van der Waals surface area contributed by atoms with Crippen LogP contribution in [0.5, 0.6) is 0 Å². The molecule has 1 N–H and O–H groups in total. The van der Waals surface area contributed by atoms with Gasteiger partial charge in [0.05, 0.1) is 6.10 Å². The van der Waals surface area contributed by atoms with Gasteiger partial charge in [-0.05, 0) is 66.7 Å². The summed E-state index contributed by atoms with van der Waals surface area (Å²) in [5.74, 6) is 1.12. The van der Waals surface area contributed by atoms with Gasteiger partial charge in [-0.25, -0.2) is 0 Å². The minimum atomic E-state index is 0.504. The van der Waals surface area contributed by atoms with Gasteiger partial charge in [0.15, 0.2) is 0 Å². The van der Waals surface area contributed by atoms with E-state index >= 15 is 0 Å². The monoisotopic (exact) mass is 371 g/mol. The maximum Gasteiger partial charge on any atom is 0.0576 e. The second-order valence-corrected chi connectivity index (χ2v) is 7.52. The predicted octanol–water partition coefficient (Wildman–Crippen LogP) is 4.87. The molecule has 0 saturated carbocycles. The van der Waals surface area contributed by atoms with Crippen LogP contribution in [0.25, 0.3) is 0 Å². The first-order valence-corrected chi connectivity index (χ1v) is 9.79. The molecule has 21 heavy (non-hydrogen) atoms. The molecule has 0 bridgehead atoms. The van der Waals surface area contributed by atoms with Gasteiger partial charge in [0.2, 0.25) is 0 Å². The number of ether oxygens (including phenoxy) is 1. The van der Waals surface area contributed by atoms with Crippen LogP contribution in [0.2, 0.25) is 0 Å². The Labute approximate surface area is 141 Å². The van der Waals surface area contributed by atoms with Crippen molar-refractivity contribution in [1.29, 1.82) is 0 Å². The predicted molar refractivity (Wildman–Crippen MR) is 95.2 cm³/mol. The number of halogens is 1. The molecule has 0 spiro atoms. The molecule has 118 valence electrons. The number of benzene rings is 1. The molecule has 1 fully saturated rings. The van der Waals surface area contributed by atoms with Crippen molar-refractivity contribution in [2.24, 2.45) is 0 Å². The van der Waals surface area contributed by atoms with Crippen LogP contribution in [0.3, 0.4) is 0 Å². The number of hydrogen-bond donors (Lipinski definition) is 1. The number of rotatable bonds is 9. The zero-order valence-corrected chi connectivity index (χ0v) is 15.2. The fraction of sp³-hybridized carbons (Fsp3) is 0.647. The van der Waals surface area contributed by atoms with Crippen LogP contribution in [0.15, 0.2) is 33.6 Å². The number of thioether (sulfide) groups is 1. The maximum absolute atomic E-state index is 5.75. The quantitative estimate of drug-likeness (QED) is 0.625. The standard InChI is InChI=1S/C17H26BrNOS/c1-2-11-19-14(9-10-15-6-5-12-20-15)13-21-17-8-4-3-7-16(17)18/h3-4,7-8,14-15,19H,2,5-6,9-13H2,1H3. The van der Waals surface area contributed by atoms with E-state index in [4.69, 9.17) is 4.74 Å². The third-order valence-electron chi connectivity index (χ3n) is 3.82. The van der Waals surface area contributed by atoms with Crippen molar-refractivity contribution in [2.45, 2.75) is 56.1 Å². The molecule has 2 unspecified atom stereocenters. The van der Waals surface area contributed by atoms with E-state index in [0.717, 1.165) is 18.9 Å². The molecule has 2 atom stereocenters. The van der Waals surface area contributed by atoms with Crippen LogP contribution in [0.1, 0.15) is 39.0 Å². The normalized spacial score (nSPS) is 19.8. The van der Waals surface area contributed by atoms with Gasteiger partial charge in [-0.15, -0.1) is 11.8 Å². The van der Waals surface area contributed by atoms with Gasteiger partial charge < -0.3 is 10.1 Å². The minimum Gasteiger partial charge on any atom is -0.378 e. The van der Waals surface area contributed by atoms with Crippen LogP contribution in [0, 0.1) is 0 Å². The average Bonchev–Trinajstić information content (AvgIpc) is 3.01. The Hall–Kier alpha value is -0.0300. The van der Waals surface area contributed by atoms with Gasteiger partial charge in [0.1, 0.15) is 0 Å². The second kappa shape index (κ2) is 9.88. The molecule has 1 aliphatic rings. The lowest BCUT2D eigenvalue weighted by atomic mass is 10.1. The lowest BCUT2D eigenvalue weighted by Gasteiger charge is -2.20. The molecule has 4 heteroatoms. The summed E-state index contributed by atoms with van der Waals surface area (Å²) in [5, 5.41) is 3.69. The highest BCUT2D eigenvalue weighted by molar-refractivity contribution is 9.10. The molecule has 0 amide bonds. The van der Waals surface area contributed by atoms with Crippen LogP contribution in [-0.2, 0) is 4.74 Å². The van der Waals surface area contributed by atoms with E-state index in [0.29, 0.717) is 12.1 Å². The molecule has 1 heterocycles. The van der Waals surface area contributed by atoms with Gasteiger partial charge in [0, 0.05) is 27.8 Å². The summed E-state index contributed by atoms with van der Waals surface area (Å²) < 4.78 is 6.95. The Morgan fingerprint density at radius 3 is 3.00 bits per heavy atom. The Bertz CT molecular complexity index is 410. The van der Waals surface area contributed by atoms with E-state index in [9.17, 15) is 0 Å². The molecule has 0 radical (unpaired) electrons. The van der Waals surface area contributed by atoms with Crippen molar-refractivity contribution in [3.8, 4) is 0 Å². The third-order valence-corrected chi connectivity index (χ3v) is 6.01. The smallest absolute Gasteiger partial charge is 0.0576 e. The molecule has 2 rings (SSSR count). The number of hydrogen-bond acceptors (Lipinski definition) is 3. The summed E-state index contributed by atoms with van der Waals surface area (Å²) in [6.45, 7) is 4.29. The zero-order valence-electron chi connectivity index (χ0n) is 12.8. The molecule has 0 aromatic heterocycles. The van der Waals surface area contributed by atoms with Gasteiger partial charge in [0.25, 0.3) is 0 Å². The zero-order chi connectivity index (χ0) is 14.9. The van der Waals surface area contributed by atoms with Gasteiger partial charge >= 0.3 is 0 Å². The highest BCUT2D eigenvalue weighted by Crippen LogP contribution is 2.28. The Morgan fingerprint density at radius 1 is 1.43 bits per heavy atom. The van der Waals surface area contributed by atoms with Crippen LogP contribution < -0.4 is 5.32 Å². The average molecular weight is 372 g/mol. The molecular weight excluding hydrogens is 346 g/mol. The SMILES string of the molecule is CCCNC(CCC1CCCO1)CSc1ccccc1Br. The molecule has 1 saturated heterocycles. The summed E-state index contributed by atoms with van der Waals surface area (Å²) in [4.78, 5) is 1.33. The van der Waals surface area contributed by atoms with E-state index in [1.54, 1.807) is 0 Å². The minimum absolute atomic E-state index is 0.504. The molecule has 0 aliphatic carbocycles. The molecule has 1 aromatic carbocycles. The second-order valence-electron chi connectivity index (χ2n) is 5.60. The largest absolute Gasteiger partial charge is 0.378 e. The number of nitrogens with one attached hydrogen (secondary N) is 1. The summed E-state index contributed by atoms with van der Waals surface area (Å²) in [6, 6.07) is 9.05. The van der Waals surface area contributed by atoms with Crippen molar-refractivity contribution in [1.82, 2.24) is 5.32 Å². The van der Waals surface area contributed by atoms with Crippen molar-refractivity contribution < 1.29 is 4.74 Å². The summed E-state index contributed by atoms with van der Waals surface area (Å²) in [5.41, 5.74) is 0. The summed E-state index contributed by atoms with van der Waals surface area (Å²) in [6.07, 6.45) is 6.58. The van der Waals surface area contributed by atoms with Crippen LogP contribution in [-0.4, -0.2) is 31.1 Å². The first kappa shape index (κ1) is 17.3. The van der Waals surface area contributed by atoms with E-state index in [1.165, 1.54) is 41.5 Å². The highest BCUT2D eigenvalue weighted by Gasteiger charge is 2.18. The van der Waals surface area contributed by atoms with Crippen molar-refractivity contribution in [3.63, 3.8) is 0 Å². The highest BCUT2D eigenvalue weighted by atomic mass is 79.9. The fourth-order valence-electron chi connectivity index (χ4n) is 2.60. The summed E-state index contributed by atoms with van der Waals surface area (Å²) >= 11 is 5.57.